The van der Waals surface area contributed by atoms with Gasteiger partial charge in [0.1, 0.15) is 12.1 Å². The summed E-state index contributed by atoms with van der Waals surface area (Å²) in [6.45, 7) is 5.28. The molecular formula is C17H24N2O4. The minimum absolute atomic E-state index is 0.152. The van der Waals surface area contributed by atoms with Gasteiger partial charge in [0.05, 0.1) is 6.42 Å². The van der Waals surface area contributed by atoms with Gasteiger partial charge in [-0.3, -0.25) is 9.59 Å². The van der Waals surface area contributed by atoms with Crippen molar-refractivity contribution in [2.45, 2.75) is 45.7 Å². The van der Waals surface area contributed by atoms with E-state index in [0.717, 1.165) is 5.56 Å². The Morgan fingerprint density at radius 1 is 1.09 bits per heavy atom. The highest BCUT2D eigenvalue weighted by atomic mass is 16.4. The fourth-order valence-corrected chi connectivity index (χ4v) is 2.14. The third-order valence-corrected chi connectivity index (χ3v) is 3.50. The summed E-state index contributed by atoms with van der Waals surface area (Å²) in [6, 6.07) is 7.50. The lowest BCUT2D eigenvalue weighted by atomic mass is 10.0. The van der Waals surface area contributed by atoms with E-state index in [-0.39, 0.29) is 24.7 Å². The Balaban J connectivity index is 2.69. The van der Waals surface area contributed by atoms with Gasteiger partial charge in [0.2, 0.25) is 11.8 Å². The molecule has 0 aliphatic heterocycles. The van der Waals surface area contributed by atoms with E-state index in [2.05, 4.69) is 10.6 Å². The number of amides is 2. The van der Waals surface area contributed by atoms with Crippen LogP contribution in [0, 0.1) is 5.92 Å². The summed E-state index contributed by atoms with van der Waals surface area (Å²) in [7, 11) is 0. The Morgan fingerprint density at radius 3 is 2.17 bits per heavy atom. The van der Waals surface area contributed by atoms with Gasteiger partial charge in [-0.25, -0.2) is 4.79 Å². The number of hydrogen-bond acceptors (Lipinski definition) is 3. The zero-order valence-electron chi connectivity index (χ0n) is 13.7. The molecule has 0 heterocycles. The van der Waals surface area contributed by atoms with Crippen LogP contribution in [0.5, 0.6) is 0 Å². The zero-order chi connectivity index (χ0) is 17.4. The van der Waals surface area contributed by atoms with Crippen LogP contribution in [0.25, 0.3) is 0 Å². The van der Waals surface area contributed by atoms with Gasteiger partial charge in [-0.05, 0) is 17.9 Å². The first-order valence-electron chi connectivity index (χ1n) is 7.71. The summed E-state index contributed by atoms with van der Waals surface area (Å²) in [5.74, 6) is -1.98. The van der Waals surface area contributed by atoms with Gasteiger partial charge in [0.15, 0.2) is 0 Å². The van der Waals surface area contributed by atoms with E-state index in [1.807, 2.05) is 30.3 Å². The number of aliphatic carboxylic acids is 1. The van der Waals surface area contributed by atoms with Gasteiger partial charge < -0.3 is 15.7 Å². The van der Waals surface area contributed by atoms with Crippen LogP contribution in [0.3, 0.4) is 0 Å². The third-order valence-electron chi connectivity index (χ3n) is 3.50. The van der Waals surface area contributed by atoms with Crippen molar-refractivity contribution >= 4 is 17.8 Å². The van der Waals surface area contributed by atoms with Crippen LogP contribution in [-0.4, -0.2) is 35.0 Å². The number of benzene rings is 1. The lowest BCUT2D eigenvalue weighted by Gasteiger charge is -2.23. The number of nitrogens with one attached hydrogen (secondary N) is 2. The Bertz CT molecular complexity index is 543. The number of rotatable bonds is 8. The maximum atomic E-state index is 12.3. The van der Waals surface area contributed by atoms with Crippen LogP contribution in [0.1, 0.15) is 32.8 Å². The van der Waals surface area contributed by atoms with Crippen molar-refractivity contribution < 1.29 is 19.5 Å². The van der Waals surface area contributed by atoms with Gasteiger partial charge in [0.25, 0.3) is 0 Å². The maximum absolute atomic E-state index is 12.3. The molecule has 0 radical (unpaired) electrons. The van der Waals surface area contributed by atoms with Crippen molar-refractivity contribution in [1.82, 2.24) is 10.6 Å². The summed E-state index contributed by atoms with van der Waals surface area (Å²) in [5.41, 5.74) is 0.852. The average Bonchev–Trinajstić information content (AvgIpc) is 2.50. The largest absolute Gasteiger partial charge is 0.480 e. The average molecular weight is 320 g/mol. The van der Waals surface area contributed by atoms with Crippen molar-refractivity contribution in [2.24, 2.45) is 5.92 Å². The molecule has 3 N–H and O–H groups in total. The standard InChI is InChI=1S/C17H24N2O4/c1-4-13(17(22)23)18-16(21)15(11(2)3)19-14(20)10-12-8-6-5-7-9-12/h5-9,11,13,15H,4,10H2,1-3H3,(H,18,21)(H,19,20)(H,22,23). The van der Waals surface area contributed by atoms with Crippen LogP contribution >= 0.6 is 0 Å². The minimum atomic E-state index is -1.08. The molecule has 0 bridgehead atoms. The van der Waals surface area contributed by atoms with Gasteiger partial charge in [-0.1, -0.05) is 51.1 Å². The molecule has 0 aromatic heterocycles. The van der Waals surface area contributed by atoms with Crippen LogP contribution in [0.4, 0.5) is 0 Å². The molecule has 0 saturated heterocycles. The number of carboxylic acids is 1. The first kappa shape index (κ1) is 18.7. The van der Waals surface area contributed by atoms with Crippen molar-refractivity contribution in [3.63, 3.8) is 0 Å². The number of carbonyl (C=O) groups is 3. The fourth-order valence-electron chi connectivity index (χ4n) is 2.14. The second-order valence-corrected chi connectivity index (χ2v) is 5.76. The molecule has 23 heavy (non-hydrogen) atoms. The van der Waals surface area contributed by atoms with Crippen molar-refractivity contribution in [2.75, 3.05) is 0 Å². The molecule has 2 unspecified atom stereocenters. The van der Waals surface area contributed by atoms with Gasteiger partial charge in [-0.2, -0.15) is 0 Å². The second-order valence-electron chi connectivity index (χ2n) is 5.76. The number of carbonyl (C=O) groups excluding carboxylic acids is 2. The second kappa shape index (κ2) is 8.92. The van der Waals surface area contributed by atoms with E-state index in [0.29, 0.717) is 0 Å². The molecule has 0 fully saturated rings. The molecule has 2 amide bonds. The summed E-state index contributed by atoms with van der Waals surface area (Å²) in [5, 5.41) is 14.2. The molecule has 0 aliphatic rings. The third kappa shape index (κ3) is 6.10. The van der Waals surface area contributed by atoms with Crippen LogP contribution < -0.4 is 10.6 Å². The lowest BCUT2D eigenvalue weighted by molar-refractivity contribution is -0.142. The molecule has 1 aromatic carbocycles. The quantitative estimate of drug-likeness (QED) is 0.674. The Morgan fingerprint density at radius 2 is 1.70 bits per heavy atom. The smallest absolute Gasteiger partial charge is 0.326 e. The van der Waals surface area contributed by atoms with E-state index in [9.17, 15) is 14.4 Å². The zero-order valence-corrected chi connectivity index (χ0v) is 13.7. The molecule has 0 spiro atoms. The van der Waals surface area contributed by atoms with Crippen LogP contribution in [0.2, 0.25) is 0 Å². The Labute approximate surface area is 136 Å². The fraction of sp³-hybridized carbons (Fsp3) is 0.471. The first-order valence-corrected chi connectivity index (χ1v) is 7.71. The first-order chi connectivity index (χ1) is 10.8. The number of carboxylic acid groups (broad SMARTS) is 1. The van der Waals surface area contributed by atoms with E-state index in [4.69, 9.17) is 5.11 Å². The molecule has 1 aromatic rings. The minimum Gasteiger partial charge on any atom is -0.480 e. The van der Waals surface area contributed by atoms with Gasteiger partial charge >= 0.3 is 5.97 Å². The molecule has 0 aliphatic carbocycles. The molecule has 1 rings (SSSR count). The monoisotopic (exact) mass is 320 g/mol. The Hall–Kier alpha value is -2.37. The summed E-state index contributed by atoms with van der Waals surface area (Å²) >= 11 is 0. The van der Waals surface area contributed by atoms with Crippen molar-refractivity contribution in [3.8, 4) is 0 Å². The van der Waals surface area contributed by atoms with Crippen molar-refractivity contribution in [3.05, 3.63) is 35.9 Å². The van der Waals surface area contributed by atoms with Crippen molar-refractivity contribution in [1.29, 1.82) is 0 Å². The van der Waals surface area contributed by atoms with Crippen LogP contribution in [0.15, 0.2) is 30.3 Å². The molecular weight excluding hydrogens is 296 g/mol. The van der Waals surface area contributed by atoms with Gasteiger partial charge in [-0.15, -0.1) is 0 Å². The molecule has 0 saturated carbocycles. The highest BCUT2D eigenvalue weighted by molar-refractivity contribution is 5.91. The topological polar surface area (TPSA) is 95.5 Å². The van der Waals surface area contributed by atoms with Gasteiger partial charge in [0, 0.05) is 0 Å². The SMILES string of the molecule is CCC(NC(=O)C(NC(=O)Cc1ccccc1)C(C)C)C(=O)O. The highest BCUT2D eigenvalue weighted by Crippen LogP contribution is 2.05. The molecule has 126 valence electrons. The highest BCUT2D eigenvalue weighted by Gasteiger charge is 2.27. The van der Waals surface area contributed by atoms with E-state index >= 15 is 0 Å². The normalized spacial score (nSPS) is 13.2. The van der Waals surface area contributed by atoms with Crippen LogP contribution in [-0.2, 0) is 20.8 Å². The summed E-state index contributed by atoms with van der Waals surface area (Å²) in [4.78, 5) is 35.4. The van der Waals surface area contributed by atoms with E-state index in [1.54, 1.807) is 20.8 Å². The van der Waals surface area contributed by atoms with E-state index < -0.39 is 24.0 Å². The van der Waals surface area contributed by atoms with E-state index in [1.165, 1.54) is 0 Å². The lowest BCUT2D eigenvalue weighted by Crippen LogP contribution is -2.53. The number of hydrogen-bond donors (Lipinski definition) is 3. The maximum Gasteiger partial charge on any atom is 0.326 e. The molecule has 2 atom stereocenters. The molecule has 6 nitrogen and oxygen atoms in total. The summed E-state index contributed by atoms with van der Waals surface area (Å²) < 4.78 is 0. The predicted octanol–water partition coefficient (Wildman–Crippen LogP) is 1.35. The molecule has 6 heteroatoms. The summed E-state index contributed by atoms with van der Waals surface area (Å²) in [6.07, 6.45) is 0.456. The Kier molecular flexibility index (Phi) is 7.25. The predicted molar refractivity (Wildman–Crippen MR) is 86.8 cm³/mol.